The SMILES string of the molecule is O=C=O.[CH2-]CCCCC.[CH2-]CCCCC.[Mg+2]. The summed E-state index contributed by atoms with van der Waals surface area (Å²) in [6, 6.07) is 0. The van der Waals surface area contributed by atoms with Crippen LogP contribution in [-0.2, 0) is 9.59 Å². The van der Waals surface area contributed by atoms with E-state index in [0.717, 1.165) is 12.8 Å². The minimum atomic E-state index is 0. The Morgan fingerprint density at radius 2 is 1.06 bits per heavy atom. The van der Waals surface area contributed by atoms with E-state index in [1.54, 1.807) is 0 Å². The maximum Gasteiger partial charge on any atom is 2.00 e. The molecular weight excluding hydrogens is 212 g/mol. The van der Waals surface area contributed by atoms with Crippen LogP contribution in [0.5, 0.6) is 0 Å². The summed E-state index contributed by atoms with van der Waals surface area (Å²) in [7, 11) is 0. The molecule has 0 N–H and O–H groups in total. The average molecular weight is 239 g/mol. The Morgan fingerprint density at radius 3 is 1.12 bits per heavy atom. The molecule has 0 aromatic heterocycles. The Hall–Kier alpha value is 0.146. The Kier molecular flexibility index (Phi) is 56.9. The second-order valence-corrected chi connectivity index (χ2v) is 3.20. The van der Waals surface area contributed by atoms with Gasteiger partial charge in [-0.3, -0.25) is 0 Å². The third-order valence-corrected chi connectivity index (χ3v) is 1.71. The molecule has 0 spiro atoms. The van der Waals surface area contributed by atoms with Gasteiger partial charge in [0.25, 0.3) is 0 Å². The normalized spacial score (nSPS) is 7.25. The van der Waals surface area contributed by atoms with Crippen molar-refractivity contribution in [3.63, 3.8) is 0 Å². The van der Waals surface area contributed by atoms with E-state index < -0.39 is 0 Å². The molecule has 16 heavy (non-hydrogen) atoms. The first kappa shape index (κ1) is 25.1. The van der Waals surface area contributed by atoms with Crippen molar-refractivity contribution < 1.29 is 9.59 Å². The van der Waals surface area contributed by atoms with Gasteiger partial charge < -0.3 is 13.8 Å². The standard InChI is InChI=1S/2C6H13.CO2.Mg/c2*1-3-5-6-4-2;2-1-3;/h2*1,3-6H2,2H3;;/q2*-1;;+2. The molecule has 3 heteroatoms. The smallest absolute Gasteiger partial charge is 0.343 e. The van der Waals surface area contributed by atoms with Crippen LogP contribution in [0.2, 0.25) is 0 Å². The second-order valence-electron chi connectivity index (χ2n) is 3.20. The van der Waals surface area contributed by atoms with Crippen LogP contribution in [0.3, 0.4) is 0 Å². The van der Waals surface area contributed by atoms with Crippen LogP contribution in [0.15, 0.2) is 0 Å². The van der Waals surface area contributed by atoms with Gasteiger partial charge in [0.2, 0.25) is 0 Å². The summed E-state index contributed by atoms with van der Waals surface area (Å²) in [5.41, 5.74) is 0. The van der Waals surface area contributed by atoms with Gasteiger partial charge in [-0.05, 0) is 0 Å². The summed E-state index contributed by atoms with van der Waals surface area (Å²) in [6.45, 7) is 11.9. The molecule has 0 heterocycles. The van der Waals surface area contributed by atoms with Crippen molar-refractivity contribution in [3.8, 4) is 0 Å². The summed E-state index contributed by atoms with van der Waals surface area (Å²) in [4.78, 5) is 16.2. The first-order valence-corrected chi connectivity index (χ1v) is 5.82. The van der Waals surface area contributed by atoms with Crippen molar-refractivity contribution in [2.45, 2.75) is 65.2 Å². The summed E-state index contributed by atoms with van der Waals surface area (Å²) in [5.74, 6) is 0. The van der Waals surface area contributed by atoms with E-state index in [1.807, 2.05) is 0 Å². The van der Waals surface area contributed by atoms with E-state index in [-0.39, 0.29) is 29.2 Å². The topological polar surface area (TPSA) is 34.1 Å². The van der Waals surface area contributed by atoms with Crippen LogP contribution in [-0.4, -0.2) is 29.2 Å². The molecule has 0 rings (SSSR count). The zero-order chi connectivity index (χ0) is 12.4. The number of unbranched alkanes of at least 4 members (excludes halogenated alkanes) is 6. The molecule has 0 bridgehead atoms. The molecule has 0 aromatic carbocycles. The summed E-state index contributed by atoms with van der Waals surface area (Å²) < 4.78 is 0. The Bertz CT molecular complexity index is 94.5. The fourth-order valence-electron chi connectivity index (χ4n) is 0.854. The van der Waals surface area contributed by atoms with Crippen molar-refractivity contribution in [2.24, 2.45) is 0 Å². The Balaban J connectivity index is -0.0000000692. The fraction of sp³-hybridized carbons (Fsp3) is 0.769. The van der Waals surface area contributed by atoms with E-state index >= 15 is 0 Å². The van der Waals surface area contributed by atoms with Crippen LogP contribution in [0, 0.1) is 13.8 Å². The second kappa shape index (κ2) is 36.2. The zero-order valence-corrected chi connectivity index (χ0v) is 12.5. The van der Waals surface area contributed by atoms with E-state index in [0.29, 0.717) is 0 Å². The molecule has 0 saturated carbocycles. The summed E-state index contributed by atoms with van der Waals surface area (Å²) in [5, 5.41) is 0. The van der Waals surface area contributed by atoms with Gasteiger partial charge in [-0.15, -0.1) is 0 Å². The molecule has 2 nitrogen and oxygen atoms in total. The van der Waals surface area contributed by atoms with Crippen molar-refractivity contribution in [1.82, 2.24) is 0 Å². The number of rotatable bonds is 6. The summed E-state index contributed by atoms with van der Waals surface area (Å²) in [6.07, 6.45) is 10.4. The number of carbonyl (C=O) groups excluding carboxylic acids is 2. The fourth-order valence-corrected chi connectivity index (χ4v) is 0.854. The first-order valence-electron chi connectivity index (χ1n) is 5.82. The van der Waals surface area contributed by atoms with Crippen LogP contribution in [0.4, 0.5) is 0 Å². The Labute approximate surface area is 118 Å². The molecule has 0 aromatic rings. The van der Waals surface area contributed by atoms with E-state index in [9.17, 15) is 0 Å². The van der Waals surface area contributed by atoms with Gasteiger partial charge in [-0.1, -0.05) is 52.4 Å². The largest absolute Gasteiger partial charge is 2.00 e. The molecule has 0 radical (unpaired) electrons. The van der Waals surface area contributed by atoms with E-state index in [1.165, 1.54) is 38.5 Å². The molecule has 0 unspecified atom stereocenters. The predicted molar refractivity (Wildman–Crippen MR) is 69.8 cm³/mol. The minimum absolute atomic E-state index is 0. The van der Waals surface area contributed by atoms with Gasteiger partial charge in [-0.2, -0.15) is 22.4 Å². The maximum absolute atomic E-state index is 8.12. The quantitative estimate of drug-likeness (QED) is 0.400. The molecule has 0 aliphatic carbocycles. The van der Waals surface area contributed by atoms with E-state index in [2.05, 4.69) is 27.7 Å². The van der Waals surface area contributed by atoms with Crippen LogP contribution < -0.4 is 0 Å². The third kappa shape index (κ3) is 64.7. The molecular formula is C13H26MgO2. The van der Waals surface area contributed by atoms with Crippen molar-refractivity contribution >= 4 is 29.2 Å². The van der Waals surface area contributed by atoms with Gasteiger partial charge in [0.15, 0.2) is 0 Å². The van der Waals surface area contributed by atoms with Gasteiger partial charge in [-0.25, -0.2) is 0 Å². The van der Waals surface area contributed by atoms with Gasteiger partial charge in [0, 0.05) is 0 Å². The van der Waals surface area contributed by atoms with Gasteiger partial charge in [0.05, 0.1) is 0 Å². The van der Waals surface area contributed by atoms with Crippen molar-refractivity contribution in [2.75, 3.05) is 0 Å². The number of hydrogen-bond donors (Lipinski definition) is 0. The van der Waals surface area contributed by atoms with Gasteiger partial charge >= 0.3 is 29.2 Å². The van der Waals surface area contributed by atoms with Gasteiger partial charge in [0.1, 0.15) is 0 Å². The zero-order valence-electron chi connectivity index (χ0n) is 11.1. The molecule has 0 amide bonds. The average Bonchev–Trinajstić information content (AvgIpc) is 2.25. The van der Waals surface area contributed by atoms with Crippen LogP contribution in [0.1, 0.15) is 65.2 Å². The summed E-state index contributed by atoms with van der Waals surface area (Å²) >= 11 is 0. The van der Waals surface area contributed by atoms with Crippen molar-refractivity contribution in [1.29, 1.82) is 0 Å². The predicted octanol–water partition coefficient (Wildman–Crippen LogP) is 3.84. The molecule has 92 valence electrons. The molecule has 0 saturated heterocycles. The molecule has 0 fully saturated rings. The van der Waals surface area contributed by atoms with Crippen molar-refractivity contribution in [3.05, 3.63) is 13.8 Å². The van der Waals surface area contributed by atoms with Crippen LogP contribution >= 0.6 is 0 Å². The van der Waals surface area contributed by atoms with Crippen LogP contribution in [0.25, 0.3) is 0 Å². The van der Waals surface area contributed by atoms with E-state index in [4.69, 9.17) is 9.59 Å². The monoisotopic (exact) mass is 238 g/mol. The molecule has 0 aliphatic rings. The minimum Gasteiger partial charge on any atom is -0.343 e. The third-order valence-electron chi connectivity index (χ3n) is 1.71. The first-order chi connectivity index (χ1) is 7.24. The molecule has 0 aliphatic heterocycles. The maximum atomic E-state index is 8.12. The molecule has 0 atom stereocenters. The number of hydrogen-bond acceptors (Lipinski definition) is 2. The Morgan fingerprint density at radius 1 is 0.812 bits per heavy atom.